The lowest BCUT2D eigenvalue weighted by atomic mass is 9.83. The molecule has 8 N–H and O–H groups in total. The number of nitrogens with one attached hydrogen (secondary N) is 4. The standard InChI is InChI=1S/C73H113N9O13S/c1-16-47(6)64(59(93-14)43-62(87)82-36-23-28-56(82)65(94-15)48(7)57(83)40-53(68-76-35-37-96-68)38-49-24-18-17-19-25-49)81(13)69(90)55(45(2)3)42-61(86)73(11,12)80-71(92)95-44-50-29-31-54(32-30-50)78-66(88)51(27-22-34-77-70(75)91)39-58(84)63(46(4)5)79-67(89)52(26-20-21-33-74)41-60(85)72(8,9)10/h17-19,24-25,29-32,35,37,45-48,51-53,55-56,59,63-65H,16,20-23,26-28,33-34,36,38-44,74H2,1-15H3,(H,78,88)(H,79,89)(H,80,92)(H3,75,77,91)/t47-,48-,51+,52+,53+,55-,56-,59+,63-,64-,65+/m0/s1. The number of carbonyl (C=O) groups is 10. The molecule has 0 saturated carbocycles. The number of likely N-dealkylation sites (tertiary alicyclic amines) is 1. The molecule has 22 nitrogen and oxygen atoms in total. The average Bonchev–Trinajstić information content (AvgIpc) is 1.41. The number of nitrogens with zero attached hydrogens (tertiary/aromatic N) is 3. The number of rotatable bonds is 42. The molecule has 1 saturated heterocycles. The molecule has 1 aromatic heterocycles. The molecular weight excluding hydrogens is 1240 g/mol. The van der Waals surface area contributed by atoms with E-state index in [1.807, 2.05) is 63.1 Å². The number of nitrogens with two attached hydrogens (primary N) is 2. The van der Waals surface area contributed by atoms with Gasteiger partial charge in [0.1, 0.15) is 18.2 Å². The van der Waals surface area contributed by atoms with Gasteiger partial charge >= 0.3 is 12.1 Å². The summed E-state index contributed by atoms with van der Waals surface area (Å²) < 4.78 is 17.8. The van der Waals surface area contributed by atoms with Crippen molar-refractivity contribution in [2.24, 2.45) is 58.3 Å². The first-order chi connectivity index (χ1) is 45.3. The molecule has 7 amide bonds. The first-order valence-corrected chi connectivity index (χ1v) is 35.2. The monoisotopic (exact) mass is 1360 g/mol. The zero-order valence-corrected chi connectivity index (χ0v) is 60.6. The molecule has 4 rings (SSSR count). The molecule has 0 spiro atoms. The van der Waals surface area contributed by atoms with Gasteiger partial charge in [0.15, 0.2) is 11.6 Å². The molecule has 0 bridgehead atoms. The number of carbonyl (C=O) groups excluding carboxylic acids is 10. The van der Waals surface area contributed by atoms with Gasteiger partial charge in [-0.3, -0.25) is 38.4 Å². The minimum Gasteiger partial charge on any atom is -0.445 e. The highest BCUT2D eigenvalue weighted by Crippen LogP contribution is 2.35. The number of urea groups is 1. The number of ether oxygens (including phenoxy) is 3. The third kappa shape index (κ3) is 25.2. The van der Waals surface area contributed by atoms with Crippen LogP contribution in [0.1, 0.15) is 189 Å². The zero-order chi connectivity index (χ0) is 71.6. The number of Topliss-reactive ketones (excluding diaryl/α,β-unsaturated/α-hetero) is 4. The van der Waals surface area contributed by atoms with E-state index in [9.17, 15) is 47.9 Å². The fourth-order valence-electron chi connectivity index (χ4n) is 12.7. The summed E-state index contributed by atoms with van der Waals surface area (Å²) in [6, 6.07) is 13.9. The molecule has 1 fully saturated rings. The summed E-state index contributed by atoms with van der Waals surface area (Å²) in [7, 11) is 4.81. The second kappa shape index (κ2) is 39.4. The van der Waals surface area contributed by atoms with Crippen molar-refractivity contribution in [1.82, 2.24) is 30.7 Å². The summed E-state index contributed by atoms with van der Waals surface area (Å²) >= 11 is 1.54. The Hall–Kier alpha value is -6.95. The van der Waals surface area contributed by atoms with Gasteiger partial charge in [0.25, 0.3) is 0 Å². The first-order valence-electron chi connectivity index (χ1n) is 34.3. The number of hydrogen-bond donors (Lipinski definition) is 6. The van der Waals surface area contributed by atoms with Crippen LogP contribution < -0.4 is 32.7 Å². The Kier molecular flexibility index (Phi) is 33.5. The van der Waals surface area contributed by atoms with Gasteiger partial charge in [0.2, 0.25) is 23.6 Å². The molecule has 3 aromatic rings. The van der Waals surface area contributed by atoms with Gasteiger partial charge in [-0.05, 0) is 106 Å². The van der Waals surface area contributed by atoms with Crippen LogP contribution in [0.3, 0.4) is 0 Å². The normalized spacial score (nSPS) is 16.6. The quantitative estimate of drug-likeness (QED) is 0.0287. The SMILES string of the molecule is CC[C@H](C)[C@@H]([C@@H](CC(=O)N1CCC[C@H]1[C@H](OC)[C@@H](C)C(=O)C[C@@H](Cc1ccccc1)c1nccs1)OC)N(C)C(=O)[C@@H](CC(=O)C(C)(C)NC(=O)OCc1ccc(NC(=O)[C@H](CCCNC(N)=O)CC(=O)[C@@H](NC(=O)[C@H](CCCCN)CC(=O)C(C)(C)C)C(C)C)cc1)C(C)C. The van der Waals surface area contributed by atoms with Crippen LogP contribution >= 0.6 is 11.3 Å². The number of benzene rings is 2. The number of anilines is 1. The predicted octanol–water partition coefficient (Wildman–Crippen LogP) is 10.1. The second-order valence-electron chi connectivity index (χ2n) is 28.4. The molecule has 23 heteroatoms. The van der Waals surface area contributed by atoms with Crippen LogP contribution in [0.2, 0.25) is 0 Å². The van der Waals surface area contributed by atoms with Crippen molar-refractivity contribution < 1.29 is 62.2 Å². The van der Waals surface area contributed by atoms with E-state index in [2.05, 4.69) is 38.4 Å². The number of aromatic nitrogens is 1. The number of primary amides is 1. The topological polar surface area (TPSA) is 318 Å². The fraction of sp³-hybridized carbons (Fsp3) is 0.658. The third-order valence-electron chi connectivity index (χ3n) is 19.0. The van der Waals surface area contributed by atoms with Crippen molar-refractivity contribution >= 4 is 75.9 Å². The summed E-state index contributed by atoms with van der Waals surface area (Å²) in [4.78, 5) is 146. The van der Waals surface area contributed by atoms with Crippen molar-refractivity contribution in [2.45, 2.75) is 221 Å². The molecule has 0 unspecified atom stereocenters. The van der Waals surface area contributed by atoms with Crippen LogP contribution in [0.15, 0.2) is 66.2 Å². The molecule has 1 aliphatic rings. The van der Waals surface area contributed by atoms with E-state index >= 15 is 0 Å². The van der Waals surface area contributed by atoms with Gasteiger partial charge < -0.3 is 56.7 Å². The summed E-state index contributed by atoms with van der Waals surface area (Å²) in [5.74, 6) is -5.95. The number of hydrogen-bond acceptors (Lipinski definition) is 16. The average molecular weight is 1360 g/mol. The Morgan fingerprint density at radius 2 is 1.42 bits per heavy atom. The number of unbranched alkanes of at least 4 members (excludes halogenated alkanes) is 1. The Morgan fingerprint density at radius 1 is 0.760 bits per heavy atom. The molecule has 0 aliphatic carbocycles. The highest BCUT2D eigenvalue weighted by molar-refractivity contribution is 7.09. The summed E-state index contributed by atoms with van der Waals surface area (Å²) in [5, 5.41) is 13.8. The van der Waals surface area contributed by atoms with Crippen molar-refractivity contribution in [3.63, 3.8) is 0 Å². The Morgan fingerprint density at radius 3 is 1.99 bits per heavy atom. The lowest BCUT2D eigenvalue weighted by Gasteiger charge is -2.41. The number of ketones is 4. The first kappa shape index (κ1) is 81.5. The maximum atomic E-state index is 14.8. The number of likely N-dealkylation sites (N-methyl/N-ethyl adjacent to an activating group) is 1. The van der Waals surface area contributed by atoms with E-state index in [0.29, 0.717) is 69.3 Å². The maximum absolute atomic E-state index is 14.8. The molecule has 534 valence electrons. The molecule has 0 radical (unpaired) electrons. The molecular formula is C73H113N9O13S. The maximum Gasteiger partial charge on any atom is 0.408 e. The number of alkyl carbamates (subject to hydrolysis) is 1. The van der Waals surface area contributed by atoms with E-state index in [1.165, 1.54) is 18.4 Å². The van der Waals surface area contributed by atoms with Gasteiger partial charge in [-0.15, -0.1) is 11.3 Å². The van der Waals surface area contributed by atoms with Crippen LogP contribution in [0.5, 0.6) is 0 Å². The fourth-order valence-corrected chi connectivity index (χ4v) is 13.4. The summed E-state index contributed by atoms with van der Waals surface area (Å²) in [6.07, 6.45) is 4.34. The van der Waals surface area contributed by atoms with Crippen LogP contribution in [-0.4, -0.2) is 150 Å². The Labute approximate surface area is 574 Å². The van der Waals surface area contributed by atoms with E-state index in [0.717, 1.165) is 17.0 Å². The molecule has 2 aromatic carbocycles. The van der Waals surface area contributed by atoms with Crippen molar-refractivity contribution in [1.29, 1.82) is 0 Å². The minimum atomic E-state index is -1.47. The van der Waals surface area contributed by atoms with Crippen LogP contribution in [0.25, 0.3) is 0 Å². The lowest BCUT2D eigenvalue weighted by molar-refractivity contribution is -0.149. The van der Waals surface area contributed by atoms with Gasteiger partial charge in [0, 0.05) is 112 Å². The van der Waals surface area contributed by atoms with Gasteiger partial charge in [-0.2, -0.15) is 0 Å². The molecule has 1 aliphatic heterocycles. The van der Waals surface area contributed by atoms with E-state index in [1.54, 1.807) is 98.0 Å². The second-order valence-corrected chi connectivity index (χ2v) is 29.3. The number of amides is 7. The van der Waals surface area contributed by atoms with Gasteiger partial charge in [0.05, 0.1) is 47.3 Å². The lowest BCUT2D eigenvalue weighted by Crippen LogP contribution is -2.55. The van der Waals surface area contributed by atoms with Gasteiger partial charge in [-0.1, -0.05) is 125 Å². The number of thiazole rings is 1. The van der Waals surface area contributed by atoms with E-state index in [-0.39, 0.29) is 111 Å². The highest BCUT2D eigenvalue weighted by atomic mass is 32.1. The van der Waals surface area contributed by atoms with Crippen molar-refractivity contribution in [3.05, 3.63) is 82.3 Å². The van der Waals surface area contributed by atoms with E-state index < -0.39 is 88.6 Å². The summed E-state index contributed by atoms with van der Waals surface area (Å²) in [5.41, 5.74) is 10.9. The molecule has 96 heavy (non-hydrogen) atoms. The Bertz CT molecular complexity index is 2990. The molecule has 11 atom stereocenters. The molecule has 2 heterocycles. The van der Waals surface area contributed by atoms with Gasteiger partial charge in [-0.25, -0.2) is 14.6 Å². The third-order valence-corrected chi connectivity index (χ3v) is 19.9. The minimum absolute atomic E-state index is 0.0147. The highest BCUT2D eigenvalue weighted by Gasteiger charge is 2.44. The largest absolute Gasteiger partial charge is 0.445 e. The van der Waals surface area contributed by atoms with E-state index in [4.69, 9.17) is 25.7 Å². The predicted molar refractivity (Wildman–Crippen MR) is 373 cm³/mol. The van der Waals surface area contributed by atoms with Crippen LogP contribution in [0.4, 0.5) is 15.3 Å². The smallest absolute Gasteiger partial charge is 0.408 e. The van der Waals surface area contributed by atoms with Crippen molar-refractivity contribution in [2.75, 3.05) is 46.2 Å². The van der Waals surface area contributed by atoms with Crippen molar-refractivity contribution in [3.8, 4) is 0 Å². The van der Waals surface area contributed by atoms with Crippen LogP contribution in [-0.2, 0) is 65.6 Å². The zero-order valence-electron chi connectivity index (χ0n) is 59.8. The number of methoxy groups -OCH3 is 2. The Balaban J connectivity index is 1.39. The summed E-state index contributed by atoms with van der Waals surface area (Å²) in [6.45, 7) is 22.6. The van der Waals surface area contributed by atoms with Crippen LogP contribution in [0, 0.1) is 46.8 Å².